The molecule has 0 atom stereocenters. The van der Waals surface area contributed by atoms with Crippen LogP contribution in [0.3, 0.4) is 0 Å². The van der Waals surface area contributed by atoms with Crippen molar-refractivity contribution in [2.45, 2.75) is 13.5 Å². The standard InChI is InChI=1S/C14H12BrN3O/c1-10-3-2-4-11(7-10)19-8-13-17-14(15)12-5-6-16-9-18(12)13/h2-7,9H,8H2,1H3. The van der Waals surface area contributed by atoms with E-state index in [0.717, 1.165) is 21.7 Å². The molecule has 3 rings (SSSR count). The normalized spacial score (nSPS) is 10.8. The van der Waals surface area contributed by atoms with Crippen LogP contribution in [0, 0.1) is 6.92 Å². The molecule has 0 N–H and O–H groups in total. The van der Waals surface area contributed by atoms with Gasteiger partial charge in [0.05, 0.1) is 5.52 Å². The van der Waals surface area contributed by atoms with E-state index in [1.54, 1.807) is 12.5 Å². The van der Waals surface area contributed by atoms with E-state index in [4.69, 9.17) is 4.74 Å². The van der Waals surface area contributed by atoms with Gasteiger partial charge in [-0.1, -0.05) is 12.1 Å². The lowest BCUT2D eigenvalue weighted by molar-refractivity contribution is 0.295. The molecule has 0 saturated carbocycles. The van der Waals surface area contributed by atoms with Crippen LogP contribution in [0.1, 0.15) is 11.4 Å². The number of hydrogen-bond acceptors (Lipinski definition) is 3. The first kappa shape index (κ1) is 12.2. The molecule has 0 bridgehead atoms. The number of benzene rings is 1. The number of imidazole rings is 1. The summed E-state index contributed by atoms with van der Waals surface area (Å²) in [5, 5.41) is 0. The van der Waals surface area contributed by atoms with E-state index in [1.807, 2.05) is 41.7 Å². The van der Waals surface area contributed by atoms with Crippen molar-refractivity contribution in [1.29, 1.82) is 0 Å². The van der Waals surface area contributed by atoms with Gasteiger partial charge in [0.15, 0.2) is 5.82 Å². The SMILES string of the molecule is Cc1cccc(OCc2nc(Br)c3ccncn23)c1. The highest BCUT2D eigenvalue weighted by Gasteiger charge is 2.09. The third-order valence-corrected chi connectivity index (χ3v) is 3.42. The minimum atomic E-state index is 0.405. The van der Waals surface area contributed by atoms with Gasteiger partial charge in [0.2, 0.25) is 0 Å². The van der Waals surface area contributed by atoms with Gasteiger partial charge in [-0.2, -0.15) is 0 Å². The van der Waals surface area contributed by atoms with E-state index < -0.39 is 0 Å². The Bertz CT molecular complexity index is 724. The maximum absolute atomic E-state index is 5.76. The third kappa shape index (κ3) is 2.46. The molecule has 2 aromatic heterocycles. The molecule has 0 aliphatic carbocycles. The number of hydrogen-bond donors (Lipinski definition) is 0. The molecular formula is C14H12BrN3O. The summed E-state index contributed by atoms with van der Waals surface area (Å²) in [7, 11) is 0. The van der Waals surface area contributed by atoms with E-state index in [0.29, 0.717) is 6.61 Å². The first-order chi connectivity index (χ1) is 9.24. The van der Waals surface area contributed by atoms with E-state index in [1.165, 1.54) is 5.56 Å². The van der Waals surface area contributed by atoms with Gasteiger partial charge in [0, 0.05) is 6.20 Å². The molecule has 96 valence electrons. The Kier molecular flexibility index (Phi) is 3.21. The van der Waals surface area contributed by atoms with Crippen LogP contribution in [-0.2, 0) is 6.61 Å². The van der Waals surface area contributed by atoms with Crippen LogP contribution in [0.4, 0.5) is 0 Å². The summed E-state index contributed by atoms with van der Waals surface area (Å²) in [6, 6.07) is 9.87. The van der Waals surface area contributed by atoms with Crippen molar-refractivity contribution >= 4 is 21.4 Å². The summed E-state index contributed by atoms with van der Waals surface area (Å²) < 4.78 is 8.48. The molecule has 5 heteroatoms. The van der Waals surface area contributed by atoms with Crippen LogP contribution >= 0.6 is 15.9 Å². The maximum atomic E-state index is 5.76. The highest BCUT2D eigenvalue weighted by molar-refractivity contribution is 9.10. The summed E-state index contributed by atoms with van der Waals surface area (Å²) in [5.41, 5.74) is 2.16. The number of halogens is 1. The second-order valence-corrected chi connectivity index (χ2v) is 5.01. The Hall–Kier alpha value is -1.88. The second-order valence-electron chi connectivity index (χ2n) is 4.26. The van der Waals surface area contributed by atoms with Crippen molar-refractivity contribution in [3.05, 3.63) is 58.8 Å². The van der Waals surface area contributed by atoms with Crippen LogP contribution < -0.4 is 4.74 Å². The molecular weight excluding hydrogens is 306 g/mol. The zero-order valence-corrected chi connectivity index (χ0v) is 12.0. The average Bonchev–Trinajstić information content (AvgIpc) is 2.74. The molecule has 3 aromatic rings. The molecule has 1 aromatic carbocycles. The van der Waals surface area contributed by atoms with E-state index in [9.17, 15) is 0 Å². The number of ether oxygens (including phenoxy) is 1. The van der Waals surface area contributed by atoms with E-state index >= 15 is 0 Å². The topological polar surface area (TPSA) is 39.4 Å². The van der Waals surface area contributed by atoms with Gasteiger partial charge in [0.25, 0.3) is 0 Å². The Morgan fingerprint density at radius 3 is 3.05 bits per heavy atom. The van der Waals surface area contributed by atoms with Gasteiger partial charge < -0.3 is 4.74 Å². The number of nitrogens with zero attached hydrogens (tertiary/aromatic N) is 3. The minimum absolute atomic E-state index is 0.405. The molecule has 0 unspecified atom stereocenters. The highest BCUT2D eigenvalue weighted by atomic mass is 79.9. The summed E-state index contributed by atoms with van der Waals surface area (Å²) >= 11 is 3.44. The summed E-state index contributed by atoms with van der Waals surface area (Å²) in [5.74, 6) is 1.66. The largest absolute Gasteiger partial charge is 0.486 e. The number of aromatic nitrogens is 3. The summed E-state index contributed by atoms with van der Waals surface area (Å²) in [6.07, 6.45) is 3.48. The van der Waals surface area contributed by atoms with E-state index in [-0.39, 0.29) is 0 Å². The van der Waals surface area contributed by atoms with Crippen LogP contribution in [0.5, 0.6) is 5.75 Å². The maximum Gasteiger partial charge on any atom is 0.153 e. The molecule has 0 aliphatic heterocycles. The fourth-order valence-electron chi connectivity index (χ4n) is 1.91. The highest BCUT2D eigenvalue weighted by Crippen LogP contribution is 2.19. The van der Waals surface area contributed by atoms with Crippen LogP contribution in [-0.4, -0.2) is 14.4 Å². The number of aryl methyl sites for hydroxylation is 1. The molecule has 0 radical (unpaired) electrons. The smallest absolute Gasteiger partial charge is 0.153 e. The van der Waals surface area contributed by atoms with Crippen LogP contribution in [0.25, 0.3) is 5.52 Å². The Labute approximate surface area is 119 Å². The zero-order chi connectivity index (χ0) is 13.2. The van der Waals surface area contributed by atoms with Crippen LogP contribution in [0.2, 0.25) is 0 Å². The van der Waals surface area contributed by atoms with Gasteiger partial charge in [0.1, 0.15) is 23.3 Å². The monoisotopic (exact) mass is 317 g/mol. The van der Waals surface area contributed by atoms with Gasteiger partial charge in [-0.05, 0) is 46.6 Å². The van der Waals surface area contributed by atoms with Crippen molar-refractivity contribution in [2.75, 3.05) is 0 Å². The lowest BCUT2D eigenvalue weighted by Gasteiger charge is -2.05. The predicted octanol–water partition coefficient (Wildman–Crippen LogP) is 3.38. The Morgan fingerprint density at radius 2 is 2.21 bits per heavy atom. The molecule has 0 saturated heterocycles. The lowest BCUT2D eigenvalue weighted by Crippen LogP contribution is -2.01. The first-order valence-electron chi connectivity index (χ1n) is 5.90. The minimum Gasteiger partial charge on any atom is -0.486 e. The first-order valence-corrected chi connectivity index (χ1v) is 6.69. The number of rotatable bonds is 3. The van der Waals surface area contributed by atoms with Crippen molar-refractivity contribution in [3.8, 4) is 5.75 Å². The van der Waals surface area contributed by atoms with Crippen molar-refractivity contribution in [3.63, 3.8) is 0 Å². The quantitative estimate of drug-likeness (QED) is 0.743. The number of fused-ring (bicyclic) bond motifs is 1. The fraction of sp³-hybridized carbons (Fsp3) is 0.143. The molecule has 0 spiro atoms. The molecule has 4 nitrogen and oxygen atoms in total. The molecule has 0 fully saturated rings. The third-order valence-electron chi connectivity index (χ3n) is 2.83. The van der Waals surface area contributed by atoms with Gasteiger partial charge >= 0.3 is 0 Å². The van der Waals surface area contributed by atoms with E-state index in [2.05, 4.69) is 25.9 Å². The van der Waals surface area contributed by atoms with Gasteiger partial charge in [-0.15, -0.1) is 0 Å². The summed E-state index contributed by atoms with van der Waals surface area (Å²) in [6.45, 7) is 2.44. The molecule has 0 amide bonds. The van der Waals surface area contributed by atoms with Crippen LogP contribution in [0.15, 0.2) is 47.5 Å². The fourth-order valence-corrected chi connectivity index (χ4v) is 2.44. The summed E-state index contributed by atoms with van der Waals surface area (Å²) in [4.78, 5) is 8.54. The van der Waals surface area contributed by atoms with Gasteiger partial charge in [-0.25, -0.2) is 9.97 Å². The predicted molar refractivity (Wildman–Crippen MR) is 76.2 cm³/mol. The molecule has 0 aliphatic rings. The van der Waals surface area contributed by atoms with Crippen molar-refractivity contribution < 1.29 is 4.74 Å². The van der Waals surface area contributed by atoms with Gasteiger partial charge in [-0.3, -0.25) is 4.40 Å². The van der Waals surface area contributed by atoms with Crippen molar-refractivity contribution in [2.24, 2.45) is 0 Å². The van der Waals surface area contributed by atoms with Crippen molar-refractivity contribution in [1.82, 2.24) is 14.4 Å². The molecule has 2 heterocycles. The lowest BCUT2D eigenvalue weighted by atomic mass is 10.2. The Morgan fingerprint density at radius 1 is 1.32 bits per heavy atom. The average molecular weight is 318 g/mol. The second kappa shape index (κ2) is 5.01. The molecule has 19 heavy (non-hydrogen) atoms. The zero-order valence-electron chi connectivity index (χ0n) is 10.4. The Balaban J connectivity index is 1.86.